The first kappa shape index (κ1) is 25.2. The van der Waals surface area contributed by atoms with E-state index in [9.17, 15) is 24.7 Å². The third kappa shape index (κ3) is 5.98. The molecule has 0 saturated heterocycles. The van der Waals surface area contributed by atoms with Crippen molar-refractivity contribution in [1.82, 2.24) is 5.32 Å². The van der Waals surface area contributed by atoms with Gasteiger partial charge in [0, 0.05) is 11.6 Å². The lowest BCUT2D eigenvalue weighted by atomic mass is 10.1. The molecule has 168 valence electrons. The van der Waals surface area contributed by atoms with Crippen LogP contribution in [0.15, 0.2) is 41.3 Å². The number of hydrogen-bond donors (Lipinski definition) is 1. The summed E-state index contributed by atoms with van der Waals surface area (Å²) < 4.78 is 69.7. The van der Waals surface area contributed by atoms with Gasteiger partial charge in [0.25, 0.3) is 0 Å². The van der Waals surface area contributed by atoms with Crippen LogP contribution in [0.5, 0.6) is 5.75 Å². The van der Waals surface area contributed by atoms with Crippen LogP contribution in [-0.2, 0) is 0 Å². The van der Waals surface area contributed by atoms with Crippen LogP contribution in [0.1, 0.15) is 23.6 Å². The summed E-state index contributed by atoms with van der Waals surface area (Å²) in [6, 6.07) is 9.88. The van der Waals surface area contributed by atoms with Crippen molar-refractivity contribution in [1.29, 1.82) is 15.8 Å². The predicted molar refractivity (Wildman–Crippen MR) is 113 cm³/mol. The maximum absolute atomic E-state index is 12.8. The van der Waals surface area contributed by atoms with E-state index < -0.39 is 20.7 Å². The highest BCUT2D eigenvalue weighted by molar-refractivity contribution is 8.45. The Morgan fingerprint density at radius 2 is 1.59 bits per heavy atom. The van der Waals surface area contributed by atoms with Gasteiger partial charge in [-0.1, -0.05) is 55.4 Å². The summed E-state index contributed by atoms with van der Waals surface area (Å²) in [4.78, 5) is -2.25. The Morgan fingerprint density at radius 3 is 2.06 bits per heavy atom. The monoisotopic (exact) mass is 506 g/mol. The number of ether oxygens (including phenoxy) is 1. The fourth-order valence-electron chi connectivity index (χ4n) is 2.35. The van der Waals surface area contributed by atoms with Gasteiger partial charge < -0.3 is 10.1 Å². The van der Waals surface area contributed by atoms with Crippen molar-refractivity contribution in [2.45, 2.75) is 17.4 Å². The van der Waals surface area contributed by atoms with Crippen molar-refractivity contribution in [2.24, 2.45) is 0 Å². The minimum Gasteiger partial charge on any atom is -0.488 e. The quantitative estimate of drug-likeness (QED) is 0.361. The molecule has 0 aromatic heterocycles. The molecule has 0 unspecified atom stereocenters. The minimum atomic E-state index is -9.82. The van der Waals surface area contributed by atoms with Crippen molar-refractivity contribution in [3.8, 4) is 24.0 Å². The zero-order valence-corrected chi connectivity index (χ0v) is 18.4. The van der Waals surface area contributed by atoms with Gasteiger partial charge in [0.05, 0.1) is 22.2 Å². The number of benzene rings is 2. The molecule has 0 heterocycles. The van der Waals surface area contributed by atoms with E-state index in [1.165, 1.54) is 19.1 Å². The maximum Gasteiger partial charge on any atom is 0.310 e. The average Bonchev–Trinajstić information content (AvgIpc) is 2.71. The third-order valence-electron chi connectivity index (χ3n) is 4.03. The van der Waals surface area contributed by atoms with Crippen LogP contribution in [0, 0.1) is 34.0 Å². The van der Waals surface area contributed by atoms with Gasteiger partial charge in [0.1, 0.15) is 34.4 Å². The first-order valence-corrected chi connectivity index (χ1v) is 11.1. The van der Waals surface area contributed by atoms with Crippen LogP contribution >= 0.6 is 34.0 Å². The molecule has 0 aliphatic carbocycles. The summed E-state index contributed by atoms with van der Waals surface area (Å²) in [5.74, 6) is 0.0108. The summed E-state index contributed by atoms with van der Waals surface area (Å²) >= 11 is 11.1. The van der Waals surface area contributed by atoms with Gasteiger partial charge in [-0.25, -0.2) is 0 Å². The molecule has 32 heavy (non-hydrogen) atoms. The average molecular weight is 507 g/mol. The molecule has 0 amide bonds. The predicted octanol–water partition coefficient (Wildman–Crippen LogP) is 6.37. The second kappa shape index (κ2) is 7.79. The smallest absolute Gasteiger partial charge is 0.310 e. The van der Waals surface area contributed by atoms with E-state index in [-0.39, 0.29) is 51.2 Å². The molecule has 0 aliphatic rings. The van der Waals surface area contributed by atoms with E-state index in [0.29, 0.717) is 0 Å². The van der Waals surface area contributed by atoms with Crippen molar-refractivity contribution in [2.75, 3.05) is 6.61 Å². The van der Waals surface area contributed by atoms with Crippen LogP contribution in [-0.4, -0.2) is 17.1 Å². The zero-order valence-electron chi connectivity index (χ0n) is 16.0. The largest absolute Gasteiger partial charge is 0.488 e. The Bertz CT molecular complexity index is 1220. The highest BCUT2D eigenvalue weighted by atomic mass is 35.5. The number of nitriles is 3. The molecule has 1 N–H and O–H groups in total. The molecule has 2 rings (SSSR count). The fourth-order valence-corrected chi connectivity index (χ4v) is 3.58. The van der Waals surface area contributed by atoms with Crippen molar-refractivity contribution >= 4 is 39.0 Å². The second-order valence-electron chi connectivity index (χ2n) is 6.73. The minimum absolute atomic E-state index is 0.00178. The van der Waals surface area contributed by atoms with Crippen LogP contribution in [0.4, 0.5) is 19.4 Å². The summed E-state index contributed by atoms with van der Waals surface area (Å²) in [5.41, 5.74) is -1.52. The number of nitrogens with one attached hydrogen (secondary N) is 1. The molecule has 13 heteroatoms. The van der Waals surface area contributed by atoms with Gasteiger partial charge >= 0.3 is 10.2 Å². The van der Waals surface area contributed by atoms with E-state index in [4.69, 9.17) is 39.1 Å². The Morgan fingerprint density at radius 1 is 1.06 bits per heavy atom. The lowest BCUT2D eigenvalue weighted by molar-refractivity contribution is 0.252. The molecule has 2 aromatic carbocycles. The van der Waals surface area contributed by atoms with Gasteiger partial charge in [-0.15, -0.1) is 0 Å². The molecule has 0 bridgehead atoms. The Balaban J connectivity index is 2.20. The van der Waals surface area contributed by atoms with Gasteiger partial charge in [-0.05, 0) is 25.1 Å². The molecule has 1 atom stereocenters. The zero-order chi connectivity index (χ0) is 24.4. The van der Waals surface area contributed by atoms with Crippen molar-refractivity contribution in [3.05, 3.63) is 58.1 Å². The first-order chi connectivity index (χ1) is 14.5. The number of halogens is 6. The molecule has 0 saturated carbocycles. The Hall–Kier alpha value is -3.11. The molecular formula is C19H12ClF5N4OS2. The molecule has 0 radical (unpaired) electrons. The van der Waals surface area contributed by atoms with E-state index in [0.717, 1.165) is 12.1 Å². The molecular weight excluding hydrogens is 495 g/mol. The topological polar surface area (TPSA) is 92.6 Å². The van der Waals surface area contributed by atoms with Crippen molar-refractivity contribution in [3.63, 3.8) is 0 Å². The summed E-state index contributed by atoms with van der Waals surface area (Å²) in [6.07, 6.45) is 0. The second-order valence-corrected chi connectivity index (χ2v) is 9.96. The van der Waals surface area contributed by atoms with Gasteiger partial charge in [-0.3, -0.25) is 0 Å². The lowest BCUT2D eigenvalue weighted by Crippen LogP contribution is -2.49. The van der Waals surface area contributed by atoms with Gasteiger partial charge in [0.15, 0.2) is 5.54 Å². The molecule has 5 nitrogen and oxygen atoms in total. The van der Waals surface area contributed by atoms with Crippen LogP contribution in [0.2, 0.25) is 5.02 Å². The van der Waals surface area contributed by atoms with Crippen LogP contribution in [0.3, 0.4) is 0 Å². The number of hydrogen-bond acceptors (Lipinski definition) is 5. The van der Waals surface area contributed by atoms with Crippen LogP contribution in [0.25, 0.3) is 0 Å². The van der Waals surface area contributed by atoms with Crippen molar-refractivity contribution < 1.29 is 24.2 Å². The number of rotatable bonds is 6. The molecule has 0 fully saturated rings. The number of nitrogens with zero attached hydrogens (tertiary/aromatic N) is 3. The highest BCUT2D eigenvalue weighted by Gasteiger charge is 2.65. The van der Waals surface area contributed by atoms with E-state index in [1.807, 2.05) is 6.07 Å². The van der Waals surface area contributed by atoms with Crippen LogP contribution < -0.4 is 10.1 Å². The van der Waals surface area contributed by atoms with Gasteiger partial charge in [0.2, 0.25) is 0 Å². The highest BCUT2D eigenvalue weighted by Crippen LogP contribution is 3.02. The maximum atomic E-state index is 12.8. The molecule has 0 aliphatic heterocycles. The van der Waals surface area contributed by atoms with E-state index in [2.05, 4.69) is 5.32 Å². The lowest BCUT2D eigenvalue weighted by Gasteiger charge is -2.40. The summed E-state index contributed by atoms with van der Waals surface area (Å²) in [5, 5.41) is 30.2. The number of thiocarbonyl (C=S) groups is 1. The van der Waals surface area contributed by atoms with E-state index in [1.54, 1.807) is 12.1 Å². The standard InChI is InChI=1S/C19H12ClF5N4OS2/c1-19(10-28,11-30-17-7-14(9-27)13(8-26)6-16(17)20)29-18(31)12-2-4-15(5-3-12)32(21,22,23,24)25/h2-7H,11H2,1H3,(H,29,31)/t19-/m0/s1. The molecule has 0 spiro atoms. The Labute approximate surface area is 190 Å². The summed E-state index contributed by atoms with van der Waals surface area (Å²) in [6.45, 7) is 0.995. The SMILES string of the molecule is C[C@](C#N)(COc1cc(C#N)c(C#N)cc1Cl)NC(=S)c1ccc(S(F)(F)(F)(F)F)cc1. The van der Waals surface area contributed by atoms with E-state index >= 15 is 0 Å². The first-order valence-electron chi connectivity index (χ1n) is 8.36. The Kier molecular flexibility index (Phi) is 6.12. The summed E-state index contributed by atoms with van der Waals surface area (Å²) in [7, 11) is -9.82. The molecule has 2 aromatic rings. The van der Waals surface area contributed by atoms with Gasteiger partial charge in [-0.2, -0.15) is 15.8 Å². The third-order valence-corrected chi connectivity index (χ3v) is 5.82. The normalized spacial score (nSPS) is 15.0. The fraction of sp³-hybridized carbons (Fsp3) is 0.158.